The Kier molecular flexibility index (Phi) is 5.38. The molecule has 3 aromatic rings. The number of rotatable bonds is 5. The molecule has 0 amide bonds. The van der Waals surface area contributed by atoms with Crippen LogP contribution in [0.4, 0.5) is 0 Å². The number of hydrogen-bond acceptors (Lipinski definition) is 6. The molecule has 0 saturated carbocycles. The van der Waals surface area contributed by atoms with E-state index in [1.54, 1.807) is 18.3 Å². The van der Waals surface area contributed by atoms with Gasteiger partial charge in [0.05, 0.1) is 14.2 Å². The molecule has 1 fully saturated rings. The van der Waals surface area contributed by atoms with E-state index in [2.05, 4.69) is 9.97 Å². The van der Waals surface area contributed by atoms with Crippen LogP contribution < -0.4 is 9.47 Å². The summed E-state index contributed by atoms with van der Waals surface area (Å²) in [4.78, 5) is 9.13. The number of ether oxygens (including phenoxy) is 2. The number of benzene rings is 1. The molecule has 0 bridgehead atoms. The van der Waals surface area contributed by atoms with Crippen LogP contribution in [0.15, 0.2) is 53.6 Å². The zero-order valence-corrected chi connectivity index (χ0v) is 17.2. The Morgan fingerprint density at radius 3 is 2.55 bits per heavy atom. The molecule has 0 spiro atoms. The van der Waals surface area contributed by atoms with Gasteiger partial charge in [-0.15, -0.1) is 0 Å². The van der Waals surface area contributed by atoms with Gasteiger partial charge in [-0.3, -0.25) is 0 Å². The maximum Gasteiger partial charge on any atom is 0.246 e. The highest BCUT2D eigenvalue weighted by Crippen LogP contribution is 2.34. The lowest BCUT2D eigenvalue weighted by Gasteiger charge is -2.31. The lowest BCUT2D eigenvalue weighted by Crippen LogP contribution is -2.38. The van der Waals surface area contributed by atoms with Crippen LogP contribution in [0.5, 0.6) is 11.5 Å². The third kappa shape index (κ3) is 3.77. The van der Waals surface area contributed by atoms with Crippen molar-refractivity contribution in [2.75, 3.05) is 27.3 Å². The smallest absolute Gasteiger partial charge is 0.246 e. The first-order valence-electron chi connectivity index (χ1n) is 9.47. The maximum atomic E-state index is 13.2. The third-order valence-corrected chi connectivity index (χ3v) is 7.27. The van der Waals surface area contributed by atoms with E-state index in [9.17, 15) is 8.42 Å². The summed E-state index contributed by atoms with van der Waals surface area (Å²) in [7, 11) is -0.708. The zero-order chi connectivity index (χ0) is 20.4. The SMILES string of the molecule is COc1ccc(OC)c(S(=O)(=O)N2CCC(c3ccc4cccnc4n3)CC2)c1. The summed E-state index contributed by atoms with van der Waals surface area (Å²) in [6, 6.07) is 12.7. The van der Waals surface area contributed by atoms with Gasteiger partial charge in [0, 0.05) is 42.4 Å². The van der Waals surface area contributed by atoms with Crippen molar-refractivity contribution in [1.29, 1.82) is 0 Å². The molecule has 0 unspecified atom stereocenters. The van der Waals surface area contributed by atoms with Gasteiger partial charge < -0.3 is 9.47 Å². The summed E-state index contributed by atoms with van der Waals surface area (Å²) < 4.78 is 38.4. The second-order valence-corrected chi connectivity index (χ2v) is 8.89. The van der Waals surface area contributed by atoms with Crippen LogP contribution in [0.25, 0.3) is 11.0 Å². The van der Waals surface area contributed by atoms with Gasteiger partial charge in [-0.1, -0.05) is 0 Å². The molecule has 1 aliphatic heterocycles. The highest BCUT2D eigenvalue weighted by Gasteiger charge is 2.32. The number of piperidine rings is 1. The fraction of sp³-hybridized carbons (Fsp3) is 0.333. The average molecular weight is 413 g/mol. The molecule has 1 aromatic carbocycles. The minimum atomic E-state index is -3.68. The Labute approximate surface area is 170 Å². The lowest BCUT2D eigenvalue weighted by atomic mass is 9.94. The van der Waals surface area contributed by atoms with Crippen molar-refractivity contribution in [1.82, 2.24) is 14.3 Å². The first kappa shape index (κ1) is 19.6. The van der Waals surface area contributed by atoms with Crippen molar-refractivity contribution in [3.8, 4) is 11.5 Å². The lowest BCUT2D eigenvalue weighted by molar-refractivity contribution is 0.314. The molecule has 0 atom stereocenters. The zero-order valence-electron chi connectivity index (χ0n) is 16.4. The highest BCUT2D eigenvalue weighted by molar-refractivity contribution is 7.89. The Morgan fingerprint density at radius 1 is 1.03 bits per heavy atom. The van der Waals surface area contributed by atoms with E-state index in [-0.39, 0.29) is 10.8 Å². The predicted molar refractivity (Wildman–Crippen MR) is 110 cm³/mol. The summed E-state index contributed by atoms with van der Waals surface area (Å²) in [5.41, 5.74) is 1.69. The Balaban J connectivity index is 1.54. The summed E-state index contributed by atoms with van der Waals surface area (Å²) >= 11 is 0. The summed E-state index contributed by atoms with van der Waals surface area (Å²) in [5, 5.41) is 1.00. The molecule has 1 aliphatic rings. The van der Waals surface area contributed by atoms with Crippen molar-refractivity contribution < 1.29 is 17.9 Å². The number of aromatic nitrogens is 2. The molecule has 7 nitrogen and oxygen atoms in total. The minimum absolute atomic E-state index is 0.130. The molecule has 0 radical (unpaired) electrons. The summed E-state index contributed by atoms with van der Waals surface area (Å²) in [6.07, 6.45) is 3.14. The van der Waals surface area contributed by atoms with E-state index in [1.807, 2.05) is 24.3 Å². The third-order valence-electron chi connectivity index (χ3n) is 5.35. The van der Waals surface area contributed by atoms with Crippen LogP contribution in [-0.4, -0.2) is 50.0 Å². The normalized spacial score (nSPS) is 16.1. The highest BCUT2D eigenvalue weighted by atomic mass is 32.2. The first-order chi connectivity index (χ1) is 14.0. The molecule has 8 heteroatoms. The van der Waals surface area contributed by atoms with Crippen LogP contribution in [-0.2, 0) is 10.0 Å². The monoisotopic (exact) mass is 413 g/mol. The van der Waals surface area contributed by atoms with Crippen LogP contribution in [0.1, 0.15) is 24.5 Å². The first-order valence-corrected chi connectivity index (χ1v) is 10.9. The van der Waals surface area contributed by atoms with Crippen molar-refractivity contribution in [3.63, 3.8) is 0 Å². The van der Waals surface area contributed by atoms with Crippen molar-refractivity contribution >= 4 is 21.1 Å². The molecule has 0 aliphatic carbocycles. The molecule has 0 N–H and O–H groups in total. The van der Waals surface area contributed by atoms with Crippen LogP contribution >= 0.6 is 0 Å². The Hall–Kier alpha value is -2.71. The van der Waals surface area contributed by atoms with Gasteiger partial charge in [0.25, 0.3) is 0 Å². The van der Waals surface area contributed by atoms with Crippen molar-refractivity contribution in [3.05, 3.63) is 54.4 Å². The Bertz CT molecular complexity index is 1130. The van der Waals surface area contributed by atoms with Gasteiger partial charge in [0.2, 0.25) is 10.0 Å². The molecular formula is C21H23N3O4S. The van der Waals surface area contributed by atoms with E-state index in [0.717, 1.165) is 16.7 Å². The second kappa shape index (κ2) is 7.96. The number of pyridine rings is 2. The number of nitrogens with zero attached hydrogens (tertiary/aromatic N) is 3. The molecule has 3 heterocycles. The van der Waals surface area contributed by atoms with Crippen molar-refractivity contribution in [2.45, 2.75) is 23.7 Å². The van der Waals surface area contributed by atoms with Crippen LogP contribution in [0.2, 0.25) is 0 Å². The number of fused-ring (bicyclic) bond motifs is 1. The second-order valence-electron chi connectivity index (χ2n) is 6.98. The number of methoxy groups -OCH3 is 2. The quantitative estimate of drug-likeness (QED) is 0.639. The molecular weight excluding hydrogens is 390 g/mol. The largest absolute Gasteiger partial charge is 0.497 e. The van der Waals surface area contributed by atoms with E-state index in [0.29, 0.717) is 37.4 Å². The number of sulfonamides is 1. The molecule has 1 saturated heterocycles. The fourth-order valence-corrected chi connectivity index (χ4v) is 5.35. The van der Waals surface area contributed by atoms with Gasteiger partial charge in [-0.25, -0.2) is 18.4 Å². The van der Waals surface area contributed by atoms with Crippen LogP contribution in [0.3, 0.4) is 0 Å². The summed E-state index contributed by atoms with van der Waals surface area (Å²) in [6.45, 7) is 0.852. The molecule has 152 valence electrons. The van der Waals surface area contributed by atoms with Gasteiger partial charge >= 0.3 is 0 Å². The van der Waals surface area contributed by atoms with Gasteiger partial charge in [0.15, 0.2) is 5.65 Å². The fourth-order valence-electron chi connectivity index (χ4n) is 3.71. The Morgan fingerprint density at radius 2 is 1.83 bits per heavy atom. The standard InChI is InChI=1S/C21H23N3O4S/c1-27-17-6-8-19(28-2)20(14-17)29(25,26)24-12-9-15(10-13-24)18-7-5-16-4-3-11-22-21(16)23-18/h3-8,11,14-15H,9-10,12-13H2,1-2H3. The predicted octanol–water partition coefficient (Wildman–Crippen LogP) is 3.22. The molecule has 4 rings (SSSR count). The summed E-state index contributed by atoms with van der Waals surface area (Å²) in [5.74, 6) is 1.00. The maximum absolute atomic E-state index is 13.2. The molecule has 2 aromatic heterocycles. The van der Waals surface area contributed by atoms with Gasteiger partial charge in [-0.2, -0.15) is 4.31 Å². The number of hydrogen-bond donors (Lipinski definition) is 0. The van der Waals surface area contributed by atoms with Crippen molar-refractivity contribution in [2.24, 2.45) is 0 Å². The van der Waals surface area contributed by atoms with E-state index >= 15 is 0 Å². The average Bonchev–Trinajstić information content (AvgIpc) is 2.78. The van der Waals surface area contributed by atoms with Gasteiger partial charge in [0.1, 0.15) is 16.4 Å². The topological polar surface area (TPSA) is 81.6 Å². The van der Waals surface area contributed by atoms with E-state index in [1.165, 1.54) is 24.6 Å². The molecule has 29 heavy (non-hydrogen) atoms. The van der Waals surface area contributed by atoms with E-state index < -0.39 is 10.0 Å². The van der Waals surface area contributed by atoms with Gasteiger partial charge in [-0.05, 0) is 49.2 Å². The van der Waals surface area contributed by atoms with E-state index in [4.69, 9.17) is 9.47 Å². The minimum Gasteiger partial charge on any atom is -0.497 e. The van der Waals surface area contributed by atoms with Crippen LogP contribution in [0, 0.1) is 0 Å².